The highest BCUT2D eigenvalue weighted by Gasteiger charge is 2.32. The second kappa shape index (κ2) is 13.7. The van der Waals surface area contributed by atoms with E-state index in [0.717, 1.165) is 0 Å². The van der Waals surface area contributed by atoms with Gasteiger partial charge in [-0.25, -0.2) is 4.79 Å². The molecule has 10 nitrogen and oxygen atoms in total. The molecule has 1 aromatic rings. The second-order valence-electron chi connectivity index (χ2n) is 9.96. The van der Waals surface area contributed by atoms with Gasteiger partial charge in [0.1, 0.15) is 23.9 Å². The molecular weight excluding hydrogens is 452 g/mol. The van der Waals surface area contributed by atoms with Crippen molar-refractivity contribution < 1.29 is 29.4 Å². The lowest BCUT2D eigenvalue weighted by Gasteiger charge is -2.27. The van der Waals surface area contributed by atoms with Gasteiger partial charge in [-0.15, -0.1) is 0 Å². The predicted octanol–water partition coefficient (Wildman–Crippen LogP) is 1.16. The third-order valence-corrected chi connectivity index (χ3v) is 5.60. The van der Waals surface area contributed by atoms with Crippen molar-refractivity contribution in [2.45, 2.75) is 78.6 Å². The smallest absolute Gasteiger partial charge is 0.326 e. The number of carboxylic acid groups (broad SMARTS) is 1. The van der Waals surface area contributed by atoms with Crippen molar-refractivity contribution in [1.29, 1.82) is 0 Å². The number of rotatable bonds is 13. The van der Waals surface area contributed by atoms with E-state index in [9.17, 15) is 29.4 Å². The number of hydrogen-bond donors (Lipinski definition) is 6. The Morgan fingerprint density at radius 1 is 0.800 bits per heavy atom. The lowest BCUT2D eigenvalue weighted by atomic mass is 9.99. The average Bonchev–Trinajstić information content (AvgIpc) is 2.76. The Bertz CT molecular complexity index is 869. The number of nitrogens with one attached hydrogen (secondary N) is 3. The van der Waals surface area contributed by atoms with Crippen LogP contribution in [0.3, 0.4) is 0 Å². The molecule has 0 fully saturated rings. The maximum atomic E-state index is 13.2. The van der Waals surface area contributed by atoms with E-state index in [2.05, 4.69) is 16.0 Å². The number of benzene rings is 1. The Balaban J connectivity index is 3.17. The summed E-state index contributed by atoms with van der Waals surface area (Å²) >= 11 is 0. The Morgan fingerprint density at radius 3 is 1.77 bits per heavy atom. The van der Waals surface area contributed by atoms with Crippen molar-refractivity contribution in [3.63, 3.8) is 0 Å². The Kier molecular flexibility index (Phi) is 11.7. The number of hydrogen-bond acceptors (Lipinski definition) is 6. The number of amides is 3. The largest absolute Gasteiger partial charge is 0.508 e. The van der Waals surface area contributed by atoms with Crippen molar-refractivity contribution in [3.8, 4) is 5.75 Å². The summed E-state index contributed by atoms with van der Waals surface area (Å²) in [6.07, 6.45) is 0.371. The van der Waals surface area contributed by atoms with Crippen molar-refractivity contribution in [2.24, 2.45) is 23.5 Å². The number of carbonyl (C=O) groups excluding carboxylic acids is 3. The second-order valence-corrected chi connectivity index (χ2v) is 9.96. The average molecular weight is 493 g/mol. The van der Waals surface area contributed by atoms with E-state index in [1.54, 1.807) is 39.8 Å². The first-order valence-electron chi connectivity index (χ1n) is 11.9. The molecule has 0 aromatic heterocycles. The molecule has 1 rings (SSSR count). The molecule has 0 saturated carbocycles. The minimum absolute atomic E-state index is 0.0470. The summed E-state index contributed by atoms with van der Waals surface area (Å²) in [6, 6.07) is 2.14. The first kappa shape index (κ1) is 29.9. The fraction of sp³-hybridized carbons (Fsp3) is 0.600. The zero-order valence-electron chi connectivity index (χ0n) is 21.4. The molecule has 0 aliphatic heterocycles. The fourth-order valence-corrected chi connectivity index (χ4v) is 3.39. The van der Waals surface area contributed by atoms with Crippen LogP contribution < -0.4 is 21.7 Å². The number of aliphatic carboxylic acids is 1. The van der Waals surface area contributed by atoms with Crippen LogP contribution in [0, 0.1) is 17.8 Å². The zero-order valence-corrected chi connectivity index (χ0v) is 21.4. The zero-order chi connectivity index (χ0) is 26.9. The van der Waals surface area contributed by atoms with Crippen LogP contribution in [-0.4, -0.2) is 58.1 Å². The molecule has 0 radical (unpaired) electrons. The summed E-state index contributed by atoms with van der Waals surface area (Å²) in [5.41, 5.74) is 6.58. The Hall–Kier alpha value is -3.14. The van der Waals surface area contributed by atoms with Gasteiger partial charge >= 0.3 is 5.97 Å². The van der Waals surface area contributed by atoms with Gasteiger partial charge in [0.15, 0.2) is 0 Å². The molecule has 4 unspecified atom stereocenters. The van der Waals surface area contributed by atoms with Crippen LogP contribution in [0.1, 0.15) is 53.5 Å². The van der Waals surface area contributed by atoms with E-state index in [0.29, 0.717) is 12.0 Å². The van der Waals surface area contributed by atoms with Crippen molar-refractivity contribution >= 4 is 23.7 Å². The van der Waals surface area contributed by atoms with Gasteiger partial charge in [-0.2, -0.15) is 0 Å². The molecule has 0 heterocycles. The summed E-state index contributed by atoms with van der Waals surface area (Å²) < 4.78 is 0. The van der Waals surface area contributed by atoms with E-state index in [1.807, 2.05) is 13.8 Å². The molecule has 0 spiro atoms. The minimum atomic E-state index is -1.18. The van der Waals surface area contributed by atoms with Gasteiger partial charge in [-0.1, -0.05) is 53.7 Å². The summed E-state index contributed by atoms with van der Waals surface area (Å²) in [4.78, 5) is 50.4. The Morgan fingerprint density at radius 2 is 1.31 bits per heavy atom. The number of nitrogens with two attached hydrogens (primary N) is 1. The van der Waals surface area contributed by atoms with Gasteiger partial charge in [0.25, 0.3) is 0 Å². The third kappa shape index (κ3) is 9.94. The van der Waals surface area contributed by atoms with Crippen LogP contribution >= 0.6 is 0 Å². The van der Waals surface area contributed by atoms with Crippen molar-refractivity contribution in [1.82, 2.24) is 16.0 Å². The van der Waals surface area contributed by atoms with E-state index < -0.39 is 47.9 Å². The summed E-state index contributed by atoms with van der Waals surface area (Å²) in [5.74, 6) is -3.29. The predicted molar refractivity (Wildman–Crippen MR) is 132 cm³/mol. The highest BCUT2D eigenvalue weighted by atomic mass is 16.4. The van der Waals surface area contributed by atoms with Gasteiger partial charge in [0.05, 0.1) is 6.04 Å². The fourth-order valence-electron chi connectivity index (χ4n) is 3.39. The van der Waals surface area contributed by atoms with Crippen molar-refractivity contribution in [3.05, 3.63) is 29.8 Å². The molecule has 35 heavy (non-hydrogen) atoms. The molecule has 1 aromatic carbocycles. The molecular formula is C25H40N4O6. The molecule has 10 heteroatoms. The van der Waals surface area contributed by atoms with Crippen LogP contribution in [0.5, 0.6) is 5.75 Å². The molecule has 196 valence electrons. The highest BCUT2D eigenvalue weighted by Crippen LogP contribution is 2.13. The van der Waals surface area contributed by atoms with E-state index in [1.165, 1.54) is 12.1 Å². The lowest BCUT2D eigenvalue weighted by molar-refractivity contribution is -0.143. The lowest BCUT2D eigenvalue weighted by Crippen LogP contribution is -2.58. The van der Waals surface area contributed by atoms with Crippen LogP contribution in [0.25, 0.3) is 0 Å². The van der Waals surface area contributed by atoms with Crippen molar-refractivity contribution in [2.75, 3.05) is 0 Å². The maximum Gasteiger partial charge on any atom is 0.326 e. The topological polar surface area (TPSA) is 171 Å². The van der Waals surface area contributed by atoms with Gasteiger partial charge in [0, 0.05) is 6.42 Å². The van der Waals surface area contributed by atoms with Crippen LogP contribution in [0.2, 0.25) is 0 Å². The normalized spacial score (nSPS) is 14.8. The minimum Gasteiger partial charge on any atom is -0.508 e. The molecule has 0 saturated heterocycles. The highest BCUT2D eigenvalue weighted by molar-refractivity contribution is 5.94. The van der Waals surface area contributed by atoms with Crippen LogP contribution in [-0.2, 0) is 25.6 Å². The Labute approximate surface area is 207 Å². The van der Waals surface area contributed by atoms with Gasteiger partial charge in [-0.05, 0) is 41.9 Å². The summed E-state index contributed by atoms with van der Waals surface area (Å²) in [6.45, 7) is 10.7. The number of carbonyl (C=O) groups is 4. The maximum absolute atomic E-state index is 13.2. The quantitative estimate of drug-likeness (QED) is 0.240. The summed E-state index contributed by atoms with van der Waals surface area (Å²) in [7, 11) is 0. The first-order chi connectivity index (χ1) is 16.2. The number of phenols is 1. The van der Waals surface area contributed by atoms with E-state index in [4.69, 9.17) is 5.73 Å². The molecule has 0 bridgehead atoms. The molecule has 0 aliphatic carbocycles. The SMILES string of the molecule is CC(C)CC(NC(=O)C(N)C(C)C)C(=O)NC(Cc1ccc(O)cc1)C(=O)NC(C(=O)O)C(C)C. The third-order valence-electron chi connectivity index (χ3n) is 5.60. The van der Waals surface area contributed by atoms with Crippen LogP contribution in [0.15, 0.2) is 24.3 Å². The molecule has 0 aliphatic rings. The number of carboxylic acids is 1. The monoisotopic (exact) mass is 492 g/mol. The molecule has 7 N–H and O–H groups in total. The van der Waals surface area contributed by atoms with Gasteiger partial charge < -0.3 is 31.9 Å². The van der Waals surface area contributed by atoms with Crippen LogP contribution in [0.4, 0.5) is 0 Å². The van der Waals surface area contributed by atoms with E-state index in [-0.39, 0.29) is 29.9 Å². The standard InChI is InChI=1S/C25H40N4O6/c1-13(2)11-18(28-24(33)20(26)14(3)4)22(31)27-19(12-16-7-9-17(30)10-8-16)23(32)29-21(15(5)6)25(34)35/h7-10,13-15,18-21,30H,11-12,26H2,1-6H3,(H,27,31)(H,28,33)(H,29,32)(H,34,35). The van der Waals surface area contributed by atoms with E-state index >= 15 is 0 Å². The summed E-state index contributed by atoms with van der Waals surface area (Å²) in [5, 5.41) is 26.9. The van der Waals surface area contributed by atoms with Gasteiger partial charge in [0.2, 0.25) is 17.7 Å². The number of phenolic OH excluding ortho intramolecular Hbond substituents is 1. The molecule has 3 amide bonds. The number of aromatic hydroxyl groups is 1. The van der Waals surface area contributed by atoms with Gasteiger partial charge in [-0.3, -0.25) is 14.4 Å². The molecule has 4 atom stereocenters. The first-order valence-corrected chi connectivity index (χ1v) is 11.9.